The van der Waals surface area contributed by atoms with Crippen molar-refractivity contribution in [3.8, 4) is 5.75 Å². The third-order valence-electron chi connectivity index (χ3n) is 2.99. The van der Waals surface area contributed by atoms with Crippen LogP contribution in [0, 0.1) is 6.92 Å². The van der Waals surface area contributed by atoms with Crippen molar-refractivity contribution >= 4 is 17.8 Å². The molecule has 0 saturated carbocycles. The highest BCUT2D eigenvalue weighted by Crippen LogP contribution is 2.16. The summed E-state index contributed by atoms with van der Waals surface area (Å²) in [5.74, 6) is 0.697. The number of aryl methyl sites for hydroxylation is 1. The van der Waals surface area contributed by atoms with Crippen molar-refractivity contribution in [3.63, 3.8) is 0 Å². The lowest BCUT2D eigenvalue weighted by Gasteiger charge is -2.06. The zero-order valence-corrected chi connectivity index (χ0v) is 12.1. The molecule has 21 heavy (non-hydrogen) atoms. The first-order valence-corrected chi connectivity index (χ1v) is 6.63. The number of carbonyl (C=O) groups is 1. The molecule has 0 aromatic heterocycles. The van der Waals surface area contributed by atoms with E-state index in [2.05, 4.69) is 10.6 Å². The molecule has 0 heterocycles. The average Bonchev–Trinajstić information content (AvgIpc) is 2.49. The molecule has 0 radical (unpaired) electrons. The minimum Gasteiger partial charge on any atom is -0.497 e. The first-order valence-electron chi connectivity index (χ1n) is 6.63. The van der Waals surface area contributed by atoms with E-state index in [9.17, 15) is 4.79 Å². The van der Waals surface area contributed by atoms with Crippen molar-refractivity contribution in [3.05, 3.63) is 65.9 Å². The van der Waals surface area contributed by atoms with Crippen LogP contribution < -0.4 is 15.4 Å². The van der Waals surface area contributed by atoms with Crippen LogP contribution in [-0.2, 0) is 0 Å². The lowest BCUT2D eigenvalue weighted by Crippen LogP contribution is -2.23. The molecule has 0 fully saturated rings. The van der Waals surface area contributed by atoms with Gasteiger partial charge in [0.1, 0.15) is 5.75 Å². The van der Waals surface area contributed by atoms with E-state index in [1.165, 1.54) is 0 Å². The van der Waals surface area contributed by atoms with Gasteiger partial charge in [-0.05, 0) is 36.3 Å². The third-order valence-corrected chi connectivity index (χ3v) is 2.99. The lowest BCUT2D eigenvalue weighted by molar-refractivity contribution is 0.255. The quantitative estimate of drug-likeness (QED) is 0.896. The average molecular weight is 282 g/mol. The van der Waals surface area contributed by atoms with Crippen molar-refractivity contribution in [2.24, 2.45) is 0 Å². The van der Waals surface area contributed by atoms with Gasteiger partial charge in [0.25, 0.3) is 0 Å². The Morgan fingerprint density at radius 3 is 2.71 bits per heavy atom. The number of carbonyl (C=O) groups excluding carboxylic acids is 1. The maximum Gasteiger partial charge on any atom is 0.323 e. The van der Waals surface area contributed by atoms with Crippen LogP contribution in [0.2, 0.25) is 0 Å². The van der Waals surface area contributed by atoms with Crippen molar-refractivity contribution in [1.82, 2.24) is 5.32 Å². The summed E-state index contributed by atoms with van der Waals surface area (Å²) in [6, 6.07) is 14.9. The Morgan fingerprint density at radius 2 is 1.95 bits per heavy atom. The maximum absolute atomic E-state index is 11.8. The molecular weight excluding hydrogens is 264 g/mol. The van der Waals surface area contributed by atoms with E-state index in [1.54, 1.807) is 25.4 Å². The second-order valence-electron chi connectivity index (χ2n) is 4.52. The summed E-state index contributed by atoms with van der Waals surface area (Å²) >= 11 is 0. The summed E-state index contributed by atoms with van der Waals surface area (Å²) in [6.07, 6.45) is 3.48. The Kier molecular flexibility index (Phi) is 4.99. The number of anilines is 1. The molecule has 2 amide bonds. The second-order valence-corrected chi connectivity index (χ2v) is 4.52. The Morgan fingerprint density at radius 1 is 1.14 bits per heavy atom. The zero-order valence-electron chi connectivity index (χ0n) is 12.1. The van der Waals surface area contributed by atoms with Gasteiger partial charge in [-0.15, -0.1) is 0 Å². The van der Waals surface area contributed by atoms with Gasteiger partial charge in [-0.2, -0.15) is 0 Å². The van der Waals surface area contributed by atoms with Gasteiger partial charge in [-0.25, -0.2) is 4.79 Å². The van der Waals surface area contributed by atoms with Crippen LogP contribution in [0.3, 0.4) is 0 Å². The fraction of sp³-hybridized carbons (Fsp3) is 0.118. The first-order chi connectivity index (χ1) is 10.2. The van der Waals surface area contributed by atoms with Crippen LogP contribution in [-0.4, -0.2) is 13.1 Å². The van der Waals surface area contributed by atoms with Gasteiger partial charge in [0.15, 0.2) is 0 Å². The standard InChI is InChI=1S/C17H18N2O2/c1-13-6-3-4-7-14(13)10-11-18-17(20)19-15-8-5-9-16(12-15)21-2/h3-12H,1-2H3,(H2,18,19,20)/b11-10+. The van der Waals surface area contributed by atoms with Crippen molar-refractivity contribution in [2.45, 2.75) is 6.92 Å². The second kappa shape index (κ2) is 7.14. The number of rotatable bonds is 4. The van der Waals surface area contributed by atoms with E-state index >= 15 is 0 Å². The number of urea groups is 1. The molecule has 108 valence electrons. The highest BCUT2D eigenvalue weighted by molar-refractivity contribution is 5.90. The van der Waals surface area contributed by atoms with Gasteiger partial charge >= 0.3 is 6.03 Å². The molecule has 0 atom stereocenters. The number of methoxy groups -OCH3 is 1. The van der Waals surface area contributed by atoms with Gasteiger partial charge in [-0.3, -0.25) is 0 Å². The molecular formula is C17H18N2O2. The lowest BCUT2D eigenvalue weighted by atomic mass is 10.1. The molecule has 0 saturated heterocycles. The van der Waals surface area contributed by atoms with E-state index in [4.69, 9.17) is 4.74 Å². The molecule has 0 aliphatic rings. The van der Waals surface area contributed by atoms with E-state index in [0.717, 1.165) is 11.1 Å². The fourth-order valence-corrected chi connectivity index (χ4v) is 1.85. The van der Waals surface area contributed by atoms with Crippen molar-refractivity contribution in [2.75, 3.05) is 12.4 Å². The predicted octanol–water partition coefficient (Wildman–Crippen LogP) is 3.80. The summed E-state index contributed by atoms with van der Waals surface area (Å²) in [7, 11) is 1.59. The molecule has 0 bridgehead atoms. The number of benzene rings is 2. The zero-order chi connectivity index (χ0) is 15.1. The monoisotopic (exact) mass is 282 g/mol. The SMILES string of the molecule is COc1cccc(NC(=O)N/C=C/c2ccccc2C)c1. The van der Waals surface area contributed by atoms with Crippen LogP contribution in [0.5, 0.6) is 5.75 Å². The van der Waals surface area contributed by atoms with Gasteiger partial charge in [0.05, 0.1) is 7.11 Å². The summed E-state index contributed by atoms with van der Waals surface area (Å²) in [6.45, 7) is 2.02. The molecule has 2 N–H and O–H groups in total. The van der Waals surface area contributed by atoms with Crippen LogP contribution in [0.1, 0.15) is 11.1 Å². The van der Waals surface area contributed by atoms with E-state index in [1.807, 2.05) is 49.4 Å². The van der Waals surface area contributed by atoms with E-state index in [-0.39, 0.29) is 6.03 Å². The normalized spacial score (nSPS) is 10.4. The van der Waals surface area contributed by atoms with Crippen LogP contribution >= 0.6 is 0 Å². The van der Waals surface area contributed by atoms with Gasteiger partial charge < -0.3 is 15.4 Å². The van der Waals surface area contributed by atoms with Gasteiger partial charge in [-0.1, -0.05) is 30.3 Å². The largest absolute Gasteiger partial charge is 0.497 e. The molecule has 4 heteroatoms. The Hall–Kier alpha value is -2.75. The summed E-state index contributed by atoms with van der Waals surface area (Å²) in [5.41, 5.74) is 2.90. The smallest absolute Gasteiger partial charge is 0.323 e. The summed E-state index contributed by atoms with van der Waals surface area (Å²) in [5, 5.41) is 5.41. The summed E-state index contributed by atoms with van der Waals surface area (Å²) in [4.78, 5) is 11.8. The Bertz CT molecular complexity index is 651. The third kappa shape index (κ3) is 4.38. The van der Waals surface area contributed by atoms with Crippen LogP contribution in [0.25, 0.3) is 6.08 Å². The van der Waals surface area contributed by atoms with E-state index in [0.29, 0.717) is 11.4 Å². The van der Waals surface area contributed by atoms with Gasteiger partial charge in [0, 0.05) is 18.0 Å². The van der Waals surface area contributed by atoms with Crippen LogP contribution in [0.4, 0.5) is 10.5 Å². The fourth-order valence-electron chi connectivity index (χ4n) is 1.85. The molecule has 0 spiro atoms. The molecule has 0 aliphatic carbocycles. The minimum atomic E-state index is -0.298. The maximum atomic E-state index is 11.8. The Balaban J connectivity index is 1.91. The highest BCUT2D eigenvalue weighted by Gasteiger charge is 2.00. The van der Waals surface area contributed by atoms with Gasteiger partial charge in [0.2, 0.25) is 0 Å². The first kappa shape index (κ1) is 14.7. The predicted molar refractivity (Wildman–Crippen MR) is 85.4 cm³/mol. The molecule has 4 nitrogen and oxygen atoms in total. The number of hydrogen-bond acceptors (Lipinski definition) is 2. The number of nitrogens with one attached hydrogen (secondary N) is 2. The van der Waals surface area contributed by atoms with Crippen LogP contribution in [0.15, 0.2) is 54.7 Å². The van der Waals surface area contributed by atoms with Crippen molar-refractivity contribution < 1.29 is 9.53 Å². The molecule has 0 unspecified atom stereocenters. The number of hydrogen-bond donors (Lipinski definition) is 2. The highest BCUT2D eigenvalue weighted by atomic mass is 16.5. The molecule has 2 aromatic carbocycles. The number of amides is 2. The minimum absolute atomic E-state index is 0.298. The Labute approximate surface area is 124 Å². The van der Waals surface area contributed by atoms with Crippen molar-refractivity contribution in [1.29, 1.82) is 0 Å². The van der Waals surface area contributed by atoms with E-state index < -0.39 is 0 Å². The topological polar surface area (TPSA) is 50.4 Å². The number of ether oxygens (including phenoxy) is 1. The molecule has 2 aromatic rings. The summed E-state index contributed by atoms with van der Waals surface area (Å²) < 4.78 is 5.10. The molecule has 0 aliphatic heterocycles. The molecule has 2 rings (SSSR count).